The van der Waals surface area contributed by atoms with Crippen LogP contribution in [0, 0.1) is 13.8 Å². The molecule has 0 unspecified atom stereocenters. The molecule has 0 amide bonds. The maximum Gasteiger partial charge on any atom is 0.352 e. The number of hydrogen-bond donors (Lipinski definition) is 3. The lowest BCUT2D eigenvalue weighted by Crippen LogP contribution is -1.94. The Hall–Kier alpha value is -1.97. The lowest BCUT2D eigenvalue weighted by molar-refractivity contribution is 0.0691. The fraction of sp³-hybridized carbons (Fsp3) is 0.182. The molecule has 0 saturated heterocycles. The minimum Gasteiger partial charge on any atom is -0.477 e. The van der Waals surface area contributed by atoms with Crippen LogP contribution in [-0.2, 0) is 0 Å². The van der Waals surface area contributed by atoms with Crippen LogP contribution in [0.3, 0.4) is 0 Å². The third kappa shape index (κ3) is 1.34. The molecular weight excluding hydrogens is 192 g/mol. The second-order valence-electron chi connectivity index (χ2n) is 3.68. The Morgan fingerprint density at radius 2 is 2.07 bits per heavy atom. The van der Waals surface area contributed by atoms with Crippen LogP contribution in [0.25, 0.3) is 10.9 Å². The molecule has 0 fully saturated rings. The fourth-order valence-corrected chi connectivity index (χ4v) is 1.66. The maximum atomic E-state index is 10.8. The lowest BCUT2D eigenvalue weighted by Gasteiger charge is -2.04. The van der Waals surface area contributed by atoms with Gasteiger partial charge in [0.2, 0.25) is 0 Å². The number of carboxylic acid groups (broad SMARTS) is 1. The SMILES string of the molecule is Cc1cc2[nH]c(C(=O)O)cc2c(N)c1C. The average molecular weight is 204 g/mol. The van der Waals surface area contributed by atoms with Crippen LogP contribution < -0.4 is 5.73 Å². The van der Waals surface area contributed by atoms with Crippen LogP contribution in [0.1, 0.15) is 21.6 Å². The predicted molar refractivity (Wildman–Crippen MR) is 59.1 cm³/mol. The third-order valence-electron chi connectivity index (χ3n) is 2.73. The van der Waals surface area contributed by atoms with Gasteiger partial charge in [-0.15, -0.1) is 0 Å². The Bertz CT molecular complexity index is 555. The molecule has 1 aromatic carbocycles. The van der Waals surface area contributed by atoms with Gasteiger partial charge in [-0.1, -0.05) is 0 Å². The number of fused-ring (bicyclic) bond motifs is 1. The van der Waals surface area contributed by atoms with E-state index in [9.17, 15) is 4.79 Å². The summed E-state index contributed by atoms with van der Waals surface area (Å²) in [5, 5.41) is 9.62. The second-order valence-corrected chi connectivity index (χ2v) is 3.68. The van der Waals surface area contributed by atoms with Gasteiger partial charge in [0.25, 0.3) is 0 Å². The summed E-state index contributed by atoms with van der Waals surface area (Å²) in [6.07, 6.45) is 0. The number of nitrogens with two attached hydrogens (primary N) is 1. The maximum absolute atomic E-state index is 10.8. The zero-order chi connectivity index (χ0) is 11.2. The number of carbonyl (C=O) groups is 1. The number of H-pyrrole nitrogens is 1. The van der Waals surface area contributed by atoms with Gasteiger partial charge in [0, 0.05) is 16.6 Å². The number of hydrogen-bond acceptors (Lipinski definition) is 2. The molecule has 2 aromatic rings. The topological polar surface area (TPSA) is 79.1 Å². The van der Waals surface area contributed by atoms with Crippen molar-refractivity contribution in [2.45, 2.75) is 13.8 Å². The van der Waals surface area contributed by atoms with Crippen molar-refractivity contribution in [2.24, 2.45) is 0 Å². The van der Waals surface area contributed by atoms with Crippen LogP contribution in [0.2, 0.25) is 0 Å². The summed E-state index contributed by atoms with van der Waals surface area (Å²) in [5.41, 5.74) is 9.56. The number of rotatable bonds is 1. The smallest absolute Gasteiger partial charge is 0.352 e. The molecule has 0 aliphatic rings. The summed E-state index contributed by atoms with van der Waals surface area (Å²) >= 11 is 0. The first kappa shape index (κ1) is 9.58. The van der Waals surface area contributed by atoms with Gasteiger partial charge in [-0.2, -0.15) is 0 Å². The average Bonchev–Trinajstić information content (AvgIpc) is 2.58. The minimum atomic E-state index is -0.971. The van der Waals surface area contributed by atoms with Crippen LogP contribution in [0.4, 0.5) is 5.69 Å². The van der Waals surface area contributed by atoms with Crippen molar-refractivity contribution in [3.63, 3.8) is 0 Å². The van der Waals surface area contributed by atoms with Crippen molar-refractivity contribution < 1.29 is 9.90 Å². The van der Waals surface area contributed by atoms with E-state index in [0.717, 1.165) is 22.0 Å². The molecule has 0 radical (unpaired) electrons. The van der Waals surface area contributed by atoms with E-state index < -0.39 is 5.97 Å². The minimum absolute atomic E-state index is 0.168. The molecule has 1 aromatic heterocycles. The van der Waals surface area contributed by atoms with Gasteiger partial charge in [-0.3, -0.25) is 0 Å². The fourth-order valence-electron chi connectivity index (χ4n) is 1.66. The molecule has 0 aliphatic carbocycles. The summed E-state index contributed by atoms with van der Waals surface area (Å²) in [4.78, 5) is 13.6. The van der Waals surface area contributed by atoms with Gasteiger partial charge in [0.15, 0.2) is 0 Å². The number of carboxylic acids is 1. The summed E-state index contributed by atoms with van der Waals surface area (Å²) in [6, 6.07) is 3.48. The second kappa shape index (κ2) is 3.02. The zero-order valence-electron chi connectivity index (χ0n) is 8.59. The molecule has 78 valence electrons. The van der Waals surface area contributed by atoms with E-state index in [1.54, 1.807) is 6.07 Å². The molecule has 0 saturated carbocycles. The van der Waals surface area contributed by atoms with Gasteiger partial charge in [0.1, 0.15) is 5.69 Å². The standard InChI is InChI=1S/C11H12N2O2/c1-5-3-8-7(10(12)6(5)2)4-9(13-8)11(14)15/h3-4,13H,12H2,1-2H3,(H,14,15). The molecule has 0 spiro atoms. The molecule has 4 nitrogen and oxygen atoms in total. The highest BCUT2D eigenvalue weighted by Crippen LogP contribution is 2.27. The van der Waals surface area contributed by atoms with Crippen LogP contribution in [-0.4, -0.2) is 16.1 Å². The van der Waals surface area contributed by atoms with Crippen molar-refractivity contribution in [1.29, 1.82) is 0 Å². The van der Waals surface area contributed by atoms with Gasteiger partial charge in [-0.25, -0.2) is 4.79 Å². The number of nitrogens with one attached hydrogen (secondary N) is 1. The van der Waals surface area contributed by atoms with Gasteiger partial charge in [-0.05, 0) is 37.1 Å². The Balaban J connectivity index is 2.82. The van der Waals surface area contributed by atoms with E-state index >= 15 is 0 Å². The summed E-state index contributed by atoms with van der Waals surface area (Å²) in [7, 11) is 0. The number of aromatic amines is 1. The number of nitrogen functional groups attached to an aromatic ring is 1. The van der Waals surface area contributed by atoms with Crippen molar-refractivity contribution in [3.8, 4) is 0 Å². The number of aryl methyl sites for hydroxylation is 1. The highest BCUT2D eigenvalue weighted by Gasteiger charge is 2.11. The molecule has 4 N–H and O–H groups in total. The Kier molecular flexibility index (Phi) is 1.93. The summed E-state index contributed by atoms with van der Waals surface area (Å²) < 4.78 is 0. The monoisotopic (exact) mass is 204 g/mol. The molecular formula is C11H12N2O2. The predicted octanol–water partition coefficient (Wildman–Crippen LogP) is 2.07. The number of aromatic nitrogens is 1. The molecule has 1 heterocycles. The highest BCUT2D eigenvalue weighted by atomic mass is 16.4. The number of anilines is 1. The third-order valence-corrected chi connectivity index (χ3v) is 2.73. The summed E-state index contributed by atoms with van der Waals surface area (Å²) in [5.74, 6) is -0.971. The largest absolute Gasteiger partial charge is 0.477 e. The molecule has 0 bridgehead atoms. The van der Waals surface area contributed by atoms with Gasteiger partial charge < -0.3 is 15.8 Å². The molecule has 4 heteroatoms. The normalized spacial score (nSPS) is 10.8. The Morgan fingerprint density at radius 1 is 1.40 bits per heavy atom. The molecule has 15 heavy (non-hydrogen) atoms. The quantitative estimate of drug-likeness (QED) is 0.622. The van der Waals surface area contributed by atoms with E-state index in [0.29, 0.717) is 5.69 Å². The van der Waals surface area contributed by atoms with Crippen molar-refractivity contribution in [3.05, 3.63) is 29.0 Å². The van der Waals surface area contributed by atoms with Crippen molar-refractivity contribution in [1.82, 2.24) is 4.98 Å². The van der Waals surface area contributed by atoms with Gasteiger partial charge >= 0.3 is 5.97 Å². The molecule has 0 atom stereocenters. The Labute approximate surface area is 86.7 Å². The van der Waals surface area contributed by atoms with E-state index in [4.69, 9.17) is 10.8 Å². The lowest BCUT2D eigenvalue weighted by atomic mass is 10.0. The molecule has 2 rings (SSSR count). The Morgan fingerprint density at radius 3 is 2.67 bits per heavy atom. The summed E-state index contributed by atoms with van der Waals surface area (Å²) in [6.45, 7) is 3.88. The van der Waals surface area contributed by atoms with Crippen molar-refractivity contribution >= 4 is 22.6 Å². The first-order valence-electron chi connectivity index (χ1n) is 4.62. The number of benzene rings is 1. The van der Waals surface area contributed by atoms with Crippen molar-refractivity contribution in [2.75, 3.05) is 5.73 Å². The first-order valence-corrected chi connectivity index (χ1v) is 4.62. The van der Waals surface area contributed by atoms with Crippen LogP contribution in [0.5, 0.6) is 0 Å². The van der Waals surface area contributed by atoms with E-state index in [1.165, 1.54) is 0 Å². The van der Waals surface area contributed by atoms with Crippen LogP contribution >= 0.6 is 0 Å². The van der Waals surface area contributed by atoms with E-state index in [-0.39, 0.29) is 5.69 Å². The van der Waals surface area contributed by atoms with Crippen LogP contribution in [0.15, 0.2) is 12.1 Å². The van der Waals surface area contributed by atoms with E-state index in [1.807, 2.05) is 19.9 Å². The van der Waals surface area contributed by atoms with Gasteiger partial charge in [0.05, 0.1) is 0 Å². The number of aromatic carboxylic acids is 1. The van der Waals surface area contributed by atoms with E-state index in [2.05, 4.69) is 4.98 Å². The zero-order valence-corrected chi connectivity index (χ0v) is 8.59. The highest BCUT2D eigenvalue weighted by molar-refractivity contribution is 6.00. The first-order chi connectivity index (χ1) is 7.00. The molecule has 0 aliphatic heterocycles.